The molecule has 4 aromatic carbocycles. The van der Waals surface area contributed by atoms with Gasteiger partial charge in [-0.2, -0.15) is 0 Å². The van der Waals surface area contributed by atoms with Gasteiger partial charge in [-0.05, 0) is 98.9 Å². The van der Waals surface area contributed by atoms with Gasteiger partial charge < -0.3 is 24.2 Å². The van der Waals surface area contributed by atoms with Crippen LogP contribution in [0.4, 0.5) is 5.69 Å². The molecule has 0 spiro atoms. The molecule has 0 aliphatic carbocycles. The van der Waals surface area contributed by atoms with Crippen molar-refractivity contribution in [3.8, 4) is 11.5 Å². The number of carbonyl (C=O) groups excluding carboxylic acids is 1. The van der Waals surface area contributed by atoms with Crippen LogP contribution in [-0.2, 0) is 40.0 Å². The number of ether oxygens (including phenoxy) is 3. The monoisotopic (exact) mass is 951 g/mol. The van der Waals surface area contributed by atoms with Gasteiger partial charge in [0.2, 0.25) is 5.36 Å². The highest BCUT2D eigenvalue weighted by Gasteiger charge is 2.37. The van der Waals surface area contributed by atoms with Gasteiger partial charge in [-0.3, -0.25) is 4.79 Å². The van der Waals surface area contributed by atoms with E-state index in [1.165, 1.54) is 50.4 Å². The Hall–Kier alpha value is -3.02. The number of carboxylic acids is 1. The maximum absolute atomic E-state index is 13.5. The molecule has 0 aromatic heterocycles. The molecule has 5 heterocycles. The first-order chi connectivity index (χ1) is 30.8. The van der Waals surface area contributed by atoms with Crippen molar-refractivity contribution in [2.75, 3.05) is 69.1 Å². The van der Waals surface area contributed by atoms with Crippen LogP contribution < -0.4 is 24.8 Å². The van der Waals surface area contributed by atoms with Gasteiger partial charge in [-0.25, -0.2) is 9.37 Å². The maximum Gasteiger partial charge on any atom is 0.337 e. The summed E-state index contributed by atoms with van der Waals surface area (Å²) in [5, 5.41) is 15.4. The van der Waals surface area contributed by atoms with Crippen LogP contribution in [0.3, 0.4) is 0 Å². The Morgan fingerprint density at radius 2 is 1.51 bits per heavy atom. The number of rotatable bonds is 18. The van der Waals surface area contributed by atoms with E-state index in [2.05, 4.69) is 33.7 Å². The van der Waals surface area contributed by atoms with E-state index >= 15 is 0 Å². The van der Waals surface area contributed by atoms with Crippen LogP contribution in [0.1, 0.15) is 114 Å². The number of unbranched alkanes of at least 4 members (excludes halogenated alkanes) is 3. The number of anilines is 1. The Morgan fingerprint density at radius 3 is 2.32 bits per heavy atom. The summed E-state index contributed by atoms with van der Waals surface area (Å²) in [5.41, 5.74) is 8.06. The Labute approximate surface area is 393 Å². The number of carbonyl (C=O) groups is 2. The zero-order valence-electron chi connectivity index (χ0n) is 35.8. The fourth-order valence-corrected chi connectivity index (χ4v) is 12.8. The summed E-state index contributed by atoms with van der Waals surface area (Å²) in [5.74, 6) is 1.03. The number of Topliss-reactive ketones (excluding diaryl/α,β-unsaturated/α-hetero) is 1. The first-order valence-electron chi connectivity index (χ1n) is 22.9. The minimum absolute atomic E-state index is 0.00185. The molecule has 0 atom stereocenters. The Balaban J connectivity index is 1.09. The van der Waals surface area contributed by atoms with Gasteiger partial charge >= 0.3 is 5.97 Å². The number of halogens is 4. The van der Waals surface area contributed by atoms with E-state index in [1.807, 2.05) is 0 Å². The normalized spacial score (nSPS) is 16.3. The van der Waals surface area contributed by atoms with Crippen molar-refractivity contribution in [3.63, 3.8) is 0 Å². The molecule has 8 nitrogen and oxygen atoms in total. The zero-order valence-corrected chi connectivity index (χ0v) is 39.6. The highest BCUT2D eigenvalue weighted by molar-refractivity contribution is 8.00. The van der Waals surface area contributed by atoms with Gasteiger partial charge in [0.15, 0.2) is 0 Å². The summed E-state index contributed by atoms with van der Waals surface area (Å²) in [6, 6.07) is 8.81. The second kappa shape index (κ2) is 20.2. The quantitative estimate of drug-likeness (QED) is 0.0306. The third kappa shape index (κ3) is 8.99. The van der Waals surface area contributed by atoms with Crippen LogP contribution in [-0.4, -0.2) is 81.1 Å². The molecule has 4 aromatic rings. The van der Waals surface area contributed by atoms with Gasteiger partial charge in [0.1, 0.15) is 30.4 Å². The number of carboxylic acid groups (broad SMARTS) is 1. The molecule has 0 radical (unpaired) electrons. The molecule has 5 aliphatic rings. The van der Waals surface area contributed by atoms with Crippen molar-refractivity contribution in [1.82, 2.24) is 4.58 Å². The van der Waals surface area contributed by atoms with E-state index < -0.39 is 5.97 Å². The number of nitrogens with zero attached hydrogens (tertiary/aromatic N) is 2. The first kappa shape index (κ1) is 45.1. The number of hydrogen-bond donors (Lipinski definition) is 1. The smallest absolute Gasteiger partial charge is 0.337 e. The summed E-state index contributed by atoms with van der Waals surface area (Å²) in [6.45, 7) is 6.29. The van der Waals surface area contributed by atoms with Crippen molar-refractivity contribution in [1.29, 1.82) is 0 Å². The molecule has 0 bridgehead atoms. The molecule has 13 heteroatoms. The van der Waals surface area contributed by atoms with Crippen LogP contribution in [0.5, 0.6) is 11.5 Å². The fourth-order valence-electron chi connectivity index (χ4n) is 10.5. The third-order valence-corrected chi connectivity index (χ3v) is 16.2. The minimum atomic E-state index is -1.23. The van der Waals surface area contributed by atoms with Gasteiger partial charge in [-0.15, -0.1) is 23.4 Å². The fraction of sp³-hybridized carbons (Fsp3) is 0.500. The number of fused-ring (bicyclic) bond motifs is 6. The van der Waals surface area contributed by atoms with Crippen molar-refractivity contribution < 1.29 is 28.9 Å². The number of benzene rings is 4. The number of ketones is 1. The molecule has 0 saturated carbocycles. The second-order valence-corrected chi connectivity index (χ2v) is 19.9. The predicted octanol–water partition coefficient (Wildman–Crippen LogP) is 10.6. The van der Waals surface area contributed by atoms with E-state index in [0.29, 0.717) is 66.9 Å². The second-order valence-electron chi connectivity index (χ2n) is 17.4. The standard InChI is InChI=1S/C50H54Cl4N2O6S/c51-18-4-1-2-6-23-60-25-26-61-24-10-13-32(57)29-63-49-43(53)40(41(50(58)59)42(52)44(49)54)39-35-17-16-33-34-14-8-21-56-20-7-12-31(45(34)56)27-37(33)47(35)62-48-36-15-9-22-55-19-5-3-11-30(46(36)55)28-38(39)48/h16-17,27-28H,1-15,18-26,29H2/p+1. The average molecular weight is 954 g/mol. The molecule has 0 fully saturated rings. The zero-order chi connectivity index (χ0) is 43.6. The van der Waals surface area contributed by atoms with Crippen molar-refractivity contribution in [3.05, 3.63) is 88.9 Å². The van der Waals surface area contributed by atoms with E-state index in [9.17, 15) is 14.7 Å². The van der Waals surface area contributed by atoms with Gasteiger partial charge in [0, 0.05) is 94.9 Å². The molecular weight excluding hydrogens is 898 g/mol. The van der Waals surface area contributed by atoms with E-state index in [1.54, 1.807) is 0 Å². The molecule has 334 valence electrons. The number of alkyl halides is 1. The van der Waals surface area contributed by atoms with Gasteiger partial charge in [0.05, 0.1) is 45.2 Å². The molecule has 9 rings (SSSR count). The summed E-state index contributed by atoms with van der Waals surface area (Å²) in [7, 11) is 0. The van der Waals surface area contributed by atoms with E-state index in [4.69, 9.17) is 60.6 Å². The molecule has 63 heavy (non-hydrogen) atoms. The third-order valence-electron chi connectivity index (χ3n) is 13.4. The maximum atomic E-state index is 13.5. The average Bonchev–Trinajstić information content (AvgIpc) is 3.50. The lowest BCUT2D eigenvalue weighted by Crippen LogP contribution is -2.41. The summed E-state index contributed by atoms with van der Waals surface area (Å²) in [6.07, 6.45) is 14.3. The van der Waals surface area contributed by atoms with Crippen LogP contribution in [0.15, 0.2) is 29.2 Å². The highest BCUT2D eigenvalue weighted by Crippen LogP contribution is 2.52. The molecule has 0 amide bonds. The van der Waals surface area contributed by atoms with Crippen LogP contribution in [0.25, 0.3) is 16.3 Å². The van der Waals surface area contributed by atoms with E-state index in [0.717, 1.165) is 132 Å². The summed E-state index contributed by atoms with van der Waals surface area (Å²) in [4.78, 5) is 29.7. The Bertz CT molecular complexity index is 2600. The highest BCUT2D eigenvalue weighted by atomic mass is 35.5. The lowest BCUT2D eigenvalue weighted by atomic mass is 9.83. The first-order valence-corrected chi connectivity index (χ1v) is 25.6. The summed E-state index contributed by atoms with van der Waals surface area (Å²) < 4.78 is 21.2. The van der Waals surface area contributed by atoms with Crippen molar-refractivity contribution in [2.24, 2.45) is 0 Å². The van der Waals surface area contributed by atoms with Gasteiger partial charge in [0.25, 0.3) is 0 Å². The van der Waals surface area contributed by atoms with E-state index in [-0.39, 0.29) is 32.2 Å². The number of aromatic carboxylic acids is 1. The Kier molecular flexibility index (Phi) is 14.5. The predicted molar refractivity (Wildman–Crippen MR) is 257 cm³/mol. The number of thioether (sulfide) groups is 1. The van der Waals surface area contributed by atoms with Crippen LogP contribution >= 0.6 is 58.2 Å². The van der Waals surface area contributed by atoms with Crippen LogP contribution in [0, 0.1) is 0 Å². The topological polar surface area (TPSA) is 88.3 Å². The van der Waals surface area contributed by atoms with Crippen LogP contribution in [0.2, 0.25) is 15.1 Å². The molecule has 0 unspecified atom stereocenters. The molecule has 1 N–H and O–H groups in total. The van der Waals surface area contributed by atoms with Crippen molar-refractivity contribution in [2.45, 2.75) is 101 Å². The molecular formula is C50H55Cl4N2O6S+. The molecule has 0 saturated heterocycles. The lowest BCUT2D eigenvalue weighted by molar-refractivity contribution is -0.117. The lowest BCUT2D eigenvalue weighted by Gasteiger charge is -2.38. The SMILES string of the molecule is O=C(CCCOCCOCCCCCCCl)CSc1c(Cl)c(Cl)c(C(=O)O)c(C2=c3cc4c5c(c3Oc3c2ccc2c6c7c(cc32)CCCN7CCC6)CCC[N+]=5CCCC4)c1Cl. The number of aryl methyl sites for hydroxylation is 3. The largest absolute Gasteiger partial charge is 0.478 e. The number of hydrogen-bond acceptors (Lipinski definition) is 7. The Morgan fingerprint density at radius 1 is 0.762 bits per heavy atom. The minimum Gasteiger partial charge on any atom is -0.478 e. The summed E-state index contributed by atoms with van der Waals surface area (Å²) >= 11 is 28.5. The van der Waals surface area contributed by atoms with Crippen molar-refractivity contribution >= 4 is 92.0 Å². The molecule has 5 aliphatic heterocycles. The van der Waals surface area contributed by atoms with Gasteiger partial charge in [-0.1, -0.05) is 53.7 Å².